The number of nitrogens with zero attached hydrogens (tertiary/aromatic N) is 4. The van der Waals surface area contributed by atoms with E-state index >= 15 is 0 Å². The molecule has 1 N–H and O–H groups in total. The van der Waals surface area contributed by atoms with E-state index in [-0.39, 0.29) is 5.91 Å². The summed E-state index contributed by atoms with van der Waals surface area (Å²) >= 11 is 1.46. The number of carbonyl (C=O) groups excluding carboxylic acids is 1. The van der Waals surface area contributed by atoms with Crippen LogP contribution in [0.4, 0.5) is 5.69 Å². The Bertz CT molecular complexity index is 1010. The van der Waals surface area contributed by atoms with Gasteiger partial charge in [-0.2, -0.15) is 0 Å². The fraction of sp³-hybridized carbons (Fsp3) is 0.667. The predicted molar refractivity (Wildman–Crippen MR) is 137 cm³/mol. The van der Waals surface area contributed by atoms with Crippen molar-refractivity contribution in [2.75, 3.05) is 37.4 Å². The quantitative estimate of drug-likeness (QED) is 0.550. The van der Waals surface area contributed by atoms with Crippen LogP contribution in [0.25, 0.3) is 0 Å². The number of morpholine rings is 1. The number of ether oxygens (including phenoxy) is 1. The van der Waals surface area contributed by atoms with Crippen LogP contribution in [0.5, 0.6) is 0 Å². The normalized spacial score (nSPS) is 30.0. The van der Waals surface area contributed by atoms with Crippen LogP contribution in [0.3, 0.4) is 0 Å². The molecule has 4 bridgehead atoms. The van der Waals surface area contributed by atoms with E-state index in [2.05, 4.69) is 56.2 Å². The molecule has 0 spiro atoms. The van der Waals surface area contributed by atoms with Crippen molar-refractivity contribution in [2.45, 2.75) is 69.1 Å². The average molecular weight is 496 g/mol. The molecule has 2 aromatic rings. The number of hydrogen-bond donors (Lipinski definition) is 1. The standard InChI is InChI=1S/C27H37N5O2S/c1-2-32-24(17-31-7-9-34-10-8-31)29-30-26(32)35-18-25(33)28-23-5-3-22(4-6-23)27-14-19-11-20(15-27)13-21(12-19)16-27/h3-6,19-21H,2,7-18H2,1H3,(H,28,33). The first-order valence-corrected chi connectivity index (χ1v) is 14.3. The molecule has 1 aromatic heterocycles. The molecule has 5 aliphatic rings. The summed E-state index contributed by atoms with van der Waals surface area (Å²) in [5, 5.41) is 12.7. The van der Waals surface area contributed by atoms with Crippen LogP contribution in [0.2, 0.25) is 0 Å². The van der Waals surface area contributed by atoms with Crippen molar-refractivity contribution in [3.63, 3.8) is 0 Å². The molecule has 7 rings (SSSR count). The van der Waals surface area contributed by atoms with Crippen molar-refractivity contribution < 1.29 is 9.53 Å². The number of benzene rings is 1. The summed E-state index contributed by atoms with van der Waals surface area (Å²) in [6.45, 7) is 7.04. The van der Waals surface area contributed by atoms with E-state index in [9.17, 15) is 4.79 Å². The van der Waals surface area contributed by atoms with Crippen molar-refractivity contribution in [3.8, 4) is 0 Å². The Labute approximate surface area is 212 Å². The lowest BCUT2D eigenvalue weighted by Crippen LogP contribution is -2.48. The van der Waals surface area contributed by atoms with Crippen LogP contribution in [0.15, 0.2) is 29.4 Å². The van der Waals surface area contributed by atoms with E-state index in [4.69, 9.17) is 4.74 Å². The summed E-state index contributed by atoms with van der Waals surface area (Å²) in [6, 6.07) is 8.76. The topological polar surface area (TPSA) is 72.3 Å². The summed E-state index contributed by atoms with van der Waals surface area (Å²) < 4.78 is 7.56. The molecule has 188 valence electrons. The monoisotopic (exact) mass is 495 g/mol. The maximum absolute atomic E-state index is 12.7. The van der Waals surface area contributed by atoms with Crippen LogP contribution in [0, 0.1) is 17.8 Å². The van der Waals surface area contributed by atoms with Crippen LogP contribution in [-0.4, -0.2) is 57.6 Å². The van der Waals surface area contributed by atoms with Crippen molar-refractivity contribution >= 4 is 23.4 Å². The Kier molecular flexibility index (Phi) is 6.62. The minimum absolute atomic E-state index is 0.00191. The molecular formula is C27H37N5O2S. The summed E-state index contributed by atoms with van der Waals surface area (Å²) in [5.74, 6) is 4.11. The minimum Gasteiger partial charge on any atom is -0.379 e. The fourth-order valence-electron chi connectivity index (χ4n) is 7.52. The number of aromatic nitrogens is 3. The van der Waals surface area contributed by atoms with Gasteiger partial charge in [-0.1, -0.05) is 23.9 Å². The first-order valence-electron chi connectivity index (χ1n) is 13.4. The van der Waals surface area contributed by atoms with Gasteiger partial charge in [0.15, 0.2) is 5.16 Å². The molecule has 2 heterocycles. The lowest BCUT2D eigenvalue weighted by atomic mass is 9.48. The molecule has 1 aromatic carbocycles. The SMILES string of the molecule is CCn1c(CN2CCOCC2)nnc1SCC(=O)Nc1ccc(C23CC4CC(CC(C4)C2)C3)cc1. The molecule has 35 heavy (non-hydrogen) atoms. The second kappa shape index (κ2) is 9.87. The van der Waals surface area contributed by atoms with Gasteiger partial charge in [0.1, 0.15) is 5.82 Å². The van der Waals surface area contributed by atoms with Crippen molar-refractivity contribution in [1.29, 1.82) is 0 Å². The van der Waals surface area contributed by atoms with E-state index in [0.717, 1.165) is 73.8 Å². The average Bonchev–Trinajstić information content (AvgIpc) is 3.24. The molecule has 0 radical (unpaired) electrons. The summed E-state index contributed by atoms with van der Waals surface area (Å²) in [5.41, 5.74) is 2.78. The number of carbonyl (C=O) groups is 1. The van der Waals surface area contributed by atoms with Crippen LogP contribution >= 0.6 is 11.8 Å². The van der Waals surface area contributed by atoms with E-state index in [1.165, 1.54) is 55.9 Å². The van der Waals surface area contributed by atoms with Crippen LogP contribution in [-0.2, 0) is 28.0 Å². The maximum Gasteiger partial charge on any atom is 0.234 e. The molecule has 5 fully saturated rings. The highest BCUT2D eigenvalue weighted by Gasteiger charge is 2.51. The zero-order valence-corrected chi connectivity index (χ0v) is 21.6. The first-order chi connectivity index (χ1) is 17.1. The molecule has 1 aliphatic heterocycles. The number of hydrogen-bond acceptors (Lipinski definition) is 6. The van der Waals surface area contributed by atoms with Gasteiger partial charge in [0.25, 0.3) is 0 Å². The van der Waals surface area contributed by atoms with Gasteiger partial charge in [-0.25, -0.2) is 0 Å². The minimum atomic E-state index is -0.00191. The number of anilines is 1. The van der Waals surface area contributed by atoms with Gasteiger partial charge in [0.05, 0.1) is 25.5 Å². The molecule has 1 saturated heterocycles. The lowest BCUT2D eigenvalue weighted by Gasteiger charge is -2.57. The Hall–Kier alpha value is -1.90. The molecular weight excluding hydrogens is 458 g/mol. The van der Waals surface area contributed by atoms with E-state index in [1.54, 1.807) is 0 Å². The van der Waals surface area contributed by atoms with Crippen molar-refractivity contribution in [2.24, 2.45) is 17.8 Å². The maximum atomic E-state index is 12.7. The molecule has 0 unspecified atom stereocenters. The number of amides is 1. The van der Waals surface area contributed by atoms with E-state index in [1.807, 2.05) is 0 Å². The van der Waals surface area contributed by atoms with E-state index in [0.29, 0.717) is 11.2 Å². The molecule has 4 aliphatic carbocycles. The summed E-state index contributed by atoms with van der Waals surface area (Å²) in [7, 11) is 0. The smallest absolute Gasteiger partial charge is 0.234 e. The van der Waals surface area contributed by atoms with Crippen LogP contribution < -0.4 is 5.32 Å². The van der Waals surface area contributed by atoms with Crippen molar-refractivity contribution in [1.82, 2.24) is 19.7 Å². The summed E-state index contributed by atoms with van der Waals surface area (Å²) in [4.78, 5) is 15.0. The van der Waals surface area contributed by atoms with E-state index < -0.39 is 0 Å². The van der Waals surface area contributed by atoms with Gasteiger partial charge >= 0.3 is 0 Å². The molecule has 7 nitrogen and oxygen atoms in total. The number of rotatable bonds is 8. The zero-order chi connectivity index (χ0) is 23.8. The van der Waals surface area contributed by atoms with Crippen LogP contribution in [0.1, 0.15) is 56.8 Å². The predicted octanol–water partition coefficient (Wildman–Crippen LogP) is 4.33. The summed E-state index contributed by atoms with van der Waals surface area (Å²) in [6.07, 6.45) is 8.50. The molecule has 8 heteroatoms. The Balaban J connectivity index is 1.04. The third-order valence-electron chi connectivity index (χ3n) is 8.73. The number of thioether (sulfide) groups is 1. The van der Waals surface area contributed by atoms with Gasteiger partial charge in [0.2, 0.25) is 5.91 Å². The Morgan fingerprint density at radius 2 is 1.71 bits per heavy atom. The first kappa shape index (κ1) is 23.5. The van der Waals surface area contributed by atoms with Gasteiger partial charge in [-0.15, -0.1) is 10.2 Å². The van der Waals surface area contributed by atoms with Gasteiger partial charge in [0, 0.05) is 25.3 Å². The van der Waals surface area contributed by atoms with Crippen molar-refractivity contribution in [3.05, 3.63) is 35.7 Å². The highest BCUT2D eigenvalue weighted by atomic mass is 32.2. The lowest BCUT2D eigenvalue weighted by molar-refractivity contribution is -0.113. The highest BCUT2D eigenvalue weighted by Crippen LogP contribution is 2.60. The third-order valence-corrected chi connectivity index (χ3v) is 9.70. The second-order valence-corrected chi connectivity index (χ2v) is 12.1. The van der Waals surface area contributed by atoms with Gasteiger partial charge in [-0.3, -0.25) is 9.69 Å². The Morgan fingerprint density at radius 1 is 1.06 bits per heavy atom. The fourth-order valence-corrected chi connectivity index (χ4v) is 8.34. The molecule has 0 atom stereocenters. The third kappa shape index (κ3) is 4.89. The highest BCUT2D eigenvalue weighted by molar-refractivity contribution is 7.99. The Morgan fingerprint density at radius 3 is 2.34 bits per heavy atom. The zero-order valence-electron chi connectivity index (χ0n) is 20.7. The largest absolute Gasteiger partial charge is 0.379 e. The van der Waals surface area contributed by atoms with Gasteiger partial charge in [-0.05, 0) is 86.3 Å². The second-order valence-electron chi connectivity index (χ2n) is 11.1. The molecule has 4 saturated carbocycles. The number of nitrogens with one attached hydrogen (secondary N) is 1. The van der Waals surface area contributed by atoms with Gasteiger partial charge < -0.3 is 14.6 Å². The molecule has 1 amide bonds.